The number of hydrogen-bond donors (Lipinski definition) is 1. The molecule has 0 aromatic heterocycles. The molecular weight excluding hydrogens is 284 g/mol. The third kappa shape index (κ3) is 2.47. The van der Waals surface area contributed by atoms with Crippen LogP contribution < -0.4 is 0 Å². The lowest BCUT2D eigenvalue weighted by Crippen LogP contribution is -2.06. The highest BCUT2D eigenvalue weighted by atomic mass is 35.5. The van der Waals surface area contributed by atoms with Crippen molar-refractivity contribution >= 4 is 23.1 Å². The highest BCUT2D eigenvalue weighted by Crippen LogP contribution is 2.37. The lowest BCUT2D eigenvalue weighted by molar-refractivity contribution is 0.0697. The summed E-state index contributed by atoms with van der Waals surface area (Å²) in [7, 11) is 0. The molecule has 0 aliphatic heterocycles. The molecule has 1 aliphatic rings. The molecule has 0 amide bonds. The molecule has 0 unspecified atom stereocenters. The lowest BCUT2D eigenvalue weighted by Gasteiger charge is -2.21. The van der Waals surface area contributed by atoms with Gasteiger partial charge in [-0.1, -0.05) is 35.9 Å². The van der Waals surface area contributed by atoms with Crippen LogP contribution in [0.15, 0.2) is 42.5 Å². The zero-order valence-corrected chi connectivity index (χ0v) is 12.4. The average molecular weight is 299 g/mol. The normalized spacial score (nSPS) is 13.5. The van der Waals surface area contributed by atoms with Crippen LogP contribution in [0.5, 0.6) is 0 Å². The number of carbonyl (C=O) groups is 1. The molecule has 1 N–H and O–H groups in total. The van der Waals surface area contributed by atoms with Crippen molar-refractivity contribution in [2.24, 2.45) is 0 Å². The highest BCUT2D eigenvalue weighted by Gasteiger charge is 2.19. The van der Waals surface area contributed by atoms with E-state index in [0.717, 1.165) is 35.1 Å². The summed E-state index contributed by atoms with van der Waals surface area (Å²) >= 11 is 6.37. The zero-order chi connectivity index (χ0) is 15.0. The number of aromatic carboxylic acids is 1. The second-order valence-corrected chi connectivity index (χ2v) is 5.67. The summed E-state index contributed by atoms with van der Waals surface area (Å²) in [5.74, 6) is -0.904. The molecule has 3 rings (SSSR count). The van der Waals surface area contributed by atoms with Gasteiger partial charge in [0.25, 0.3) is 0 Å². The third-order valence-corrected chi connectivity index (χ3v) is 4.22. The molecule has 2 nitrogen and oxygen atoms in total. The fraction of sp³-hybridized carbons (Fsp3) is 0.167. The molecule has 0 heterocycles. The summed E-state index contributed by atoms with van der Waals surface area (Å²) in [4.78, 5) is 11.2. The van der Waals surface area contributed by atoms with Crippen molar-refractivity contribution in [1.29, 1.82) is 0 Å². The molecule has 0 spiro atoms. The maximum absolute atomic E-state index is 11.2. The van der Waals surface area contributed by atoms with Crippen molar-refractivity contribution in [2.45, 2.75) is 19.8 Å². The van der Waals surface area contributed by atoms with E-state index >= 15 is 0 Å². The summed E-state index contributed by atoms with van der Waals surface area (Å²) in [6, 6.07) is 11.2. The number of carboxylic acid groups (broad SMARTS) is 1. The Morgan fingerprint density at radius 3 is 2.76 bits per heavy atom. The van der Waals surface area contributed by atoms with Crippen molar-refractivity contribution in [3.63, 3.8) is 0 Å². The number of hydrogen-bond acceptors (Lipinski definition) is 1. The largest absolute Gasteiger partial charge is 0.478 e. The molecule has 0 radical (unpaired) electrons. The van der Waals surface area contributed by atoms with Crippen LogP contribution in [-0.4, -0.2) is 11.1 Å². The predicted molar refractivity (Wildman–Crippen MR) is 85.0 cm³/mol. The monoisotopic (exact) mass is 298 g/mol. The van der Waals surface area contributed by atoms with E-state index in [-0.39, 0.29) is 0 Å². The van der Waals surface area contributed by atoms with Crippen LogP contribution in [0.2, 0.25) is 5.02 Å². The topological polar surface area (TPSA) is 37.3 Å². The molecule has 21 heavy (non-hydrogen) atoms. The summed E-state index contributed by atoms with van der Waals surface area (Å²) in [6.07, 6.45) is 4.03. The molecule has 1 aliphatic carbocycles. The Hall–Kier alpha value is -2.06. The number of benzene rings is 2. The van der Waals surface area contributed by atoms with Crippen molar-refractivity contribution in [3.8, 4) is 0 Å². The first-order chi connectivity index (χ1) is 10.1. The average Bonchev–Trinajstić information content (AvgIpc) is 2.46. The van der Waals surface area contributed by atoms with E-state index in [4.69, 9.17) is 11.6 Å². The molecule has 2 aromatic carbocycles. The minimum Gasteiger partial charge on any atom is -0.478 e. The number of fused-ring (bicyclic) bond motifs is 1. The van der Waals surface area contributed by atoms with Gasteiger partial charge in [-0.15, -0.1) is 0 Å². The SMILES string of the molecule is Cc1cccc(Cl)c1C1=CCCc2ccc(C(=O)O)cc21. The van der Waals surface area contributed by atoms with Gasteiger partial charge in [-0.2, -0.15) is 0 Å². The Balaban J connectivity index is 2.21. The van der Waals surface area contributed by atoms with Crippen LogP contribution in [0, 0.1) is 6.92 Å². The van der Waals surface area contributed by atoms with Crippen molar-refractivity contribution < 1.29 is 9.90 Å². The van der Waals surface area contributed by atoms with E-state index in [1.165, 1.54) is 5.56 Å². The Morgan fingerprint density at radius 2 is 2.05 bits per heavy atom. The summed E-state index contributed by atoms with van der Waals surface area (Å²) < 4.78 is 0. The maximum Gasteiger partial charge on any atom is 0.335 e. The molecule has 106 valence electrons. The van der Waals surface area contributed by atoms with E-state index in [1.54, 1.807) is 12.1 Å². The first-order valence-corrected chi connectivity index (χ1v) is 7.28. The molecule has 0 fully saturated rings. The van der Waals surface area contributed by atoms with Crippen LogP contribution in [0.3, 0.4) is 0 Å². The molecule has 0 atom stereocenters. The van der Waals surface area contributed by atoms with E-state index < -0.39 is 5.97 Å². The fourth-order valence-corrected chi connectivity index (χ4v) is 3.19. The van der Waals surface area contributed by atoms with Crippen LogP contribution in [0.1, 0.15) is 39.0 Å². The fourth-order valence-electron chi connectivity index (χ4n) is 2.87. The third-order valence-electron chi connectivity index (χ3n) is 3.90. The first kappa shape index (κ1) is 13.9. The van der Waals surface area contributed by atoms with Crippen molar-refractivity contribution in [1.82, 2.24) is 0 Å². The lowest BCUT2D eigenvalue weighted by atomic mass is 9.84. The standard InChI is InChI=1S/C18H15ClO2/c1-11-4-2-7-16(19)17(11)14-6-3-5-12-8-9-13(18(20)21)10-15(12)14/h2,4,6-10H,3,5H2,1H3,(H,20,21). The summed E-state index contributed by atoms with van der Waals surface area (Å²) in [6.45, 7) is 2.03. The number of carboxylic acids is 1. The molecule has 0 saturated heterocycles. The van der Waals surface area contributed by atoms with Gasteiger partial charge in [0.05, 0.1) is 5.56 Å². The maximum atomic E-state index is 11.2. The van der Waals surface area contributed by atoms with Gasteiger partial charge in [-0.05, 0) is 60.2 Å². The van der Waals surface area contributed by atoms with E-state index in [0.29, 0.717) is 10.6 Å². The summed E-state index contributed by atoms with van der Waals surface area (Å²) in [5, 5.41) is 9.91. The Kier molecular flexibility index (Phi) is 3.56. The Labute approximate surface area is 128 Å². The van der Waals surface area contributed by atoms with Crippen molar-refractivity contribution in [2.75, 3.05) is 0 Å². The van der Waals surface area contributed by atoms with E-state index in [9.17, 15) is 9.90 Å². The van der Waals surface area contributed by atoms with Crippen LogP contribution in [-0.2, 0) is 6.42 Å². The van der Waals surface area contributed by atoms with Gasteiger partial charge in [0.1, 0.15) is 0 Å². The molecule has 3 heteroatoms. The number of halogens is 1. The van der Waals surface area contributed by atoms with Crippen LogP contribution in [0.25, 0.3) is 5.57 Å². The van der Waals surface area contributed by atoms with E-state index in [2.05, 4.69) is 6.08 Å². The summed E-state index contributed by atoms with van der Waals surface area (Å²) in [5.41, 5.74) is 5.62. The van der Waals surface area contributed by atoms with Gasteiger partial charge in [0.15, 0.2) is 0 Å². The second kappa shape index (κ2) is 5.38. The van der Waals surface area contributed by atoms with Gasteiger partial charge < -0.3 is 5.11 Å². The Morgan fingerprint density at radius 1 is 1.24 bits per heavy atom. The minimum absolute atomic E-state index is 0.311. The van der Waals surface area contributed by atoms with Crippen LogP contribution >= 0.6 is 11.6 Å². The van der Waals surface area contributed by atoms with Crippen LogP contribution in [0.4, 0.5) is 0 Å². The molecule has 0 saturated carbocycles. The smallest absolute Gasteiger partial charge is 0.335 e. The minimum atomic E-state index is -0.904. The Bertz CT molecular complexity index is 740. The quantitative estimate of drug-likeness (QED) is 0.870. The van der Waals surface area contributed by atoms with Gasteiger partial charge >= 0.3 is 5.97 Å². The van der Waals surface area contributed by atoms with Gasteiger partial charge in [-0.25, -0.2) is 4.79 Å². The van der Waals surface area contributed by atoms with Gasteiger partial charge in [0.2, 0.25) is 0 Å². The molecular formula is C18H15ClO2. The highest BCUT2D eigenvalue weighted by molar-refractivity contribution is 6.32. The van der Waals surface area contributed by atoms with Gasteiger partial charge in [0, 0.05) is 10.6 Å². The number of aryl methyl sites for hydroxylation is 2. The second-order valence-electron chi connectivity index (χ2n) is 5.27. The first-order valence-electron chi connectivity index (χ1n) is 6.90. The predicted octanol–water partition coefficient (Wildman–Crippen LogP) is 4.72. The van der Waals surface area contributed by atoms with Gasteiger partial charge in [-0.3, -0.25) is 0 Å². The van der Waals surface area contributed by atoms with E-state index in [1.807, 2.05) is 31.2 Å². The number of rotatable bonds is 2. The molecule has 0 bridgehead atoms. The van der Waals surface area contributed by atoms with Crippen molar-refractivity contribution in [3.05, 3.63) is 75.3 Å². The molecule has 2 aromatic rings. The number of allylic oxidation sites excluding steroid dienone is 1. The zero-order valence-electron chi connectivity index (χ0n) is 11.7.